The zero-order valence-corrected chi connectivity index (χ0v) is 17.7. The van der Waals surface area contributed by atoms with Crippen LogP contribution in [0.5, 0.6) is 5.75 Å². The van der Waals surface area contributed by atoms with Gasteiger partial charge in [-0.25, -0.2) is 0 Å². The Labute approximate surface area is 157 Å². The molecule has 0 aliphatic carbocycles. The number of alkyl halides is 3. The van der Waals surface area contributed by atoms with Crippen molar-refractivity contribution in [2.75, 3.05) is 20.8 Å². The molecule has 1 heterocycles. The molecule has 1 aromatic heterocycles. The topological polar surface area (TPSA) is 57.1 Å². The first-order valence-electron chi connectivity index (χ1n) is 7.85. The van der Waals surface area contributed by atoms with Gasteiger partial charge in [-0.3, -0.25) is 0 Å². The molecule has 26 heavy (non-hydrogen) atoms. The second-order valence-corrected chi connectivity index (χ2v) is 7.50. The summed E-state index contributed by atoms with van der Waals surface area (Å²) in [6.07, 6.45) is 0.913. The second kappa shape index (κ2) is 16.3. The molecule has 146 valence electrons. The molecule has 0 fully saturated rings. The van der Waals surface area contributed by atoms with Gasteiger partial charge in [0.1, 0.15) is 5.75 Å². The van der Waals surface area contributed by atoms with Gasteiger partial charge in [0.05, 0.1) is 12.7 Å². The number of hydrogen-bond donors (Lipinski definition) is 0. The van der Waals surface area contributed by atoms with E-state index in [1.54, 1.807) is 7.11 Å². The Bertz CT molecular complexity index is 534. The predicted octanol–water partition coefficient (Wildman–Crippen LogP) is 6.54. The van der Waals surface area contributed by atoms with Gasteiger partial charge < -0.3 is 9.47 Å². The first kappa shape index (κ1) is 25.1. The molecule has 2 rings (SSSR count). The lowest BCUT2D eigenvalue weighted by Crippen LogP contribution is -2.04. The highest BCUT2D eigenvalue weighted by Crippen LogP contribution is 2.30. The maximum Gasteiger partial charge on any atom is 0.416 e. The molecule has 0 atom stereocenters. The number of aromatic nitrogens is 3. The molecule has 0 aliphatic rings. The van der Waals surface area contributed by atoms with E-state index in [1.165, 1.54) is 44.9 Å². The monoisotopic (exact) mass is 427 g/mol. The number of rotatable bonds is 6. The van der Waals surface area contributed by atoms with E-state index in [2.05, 4.69) is 25.2 Å². The molecule has 0 unspecified atom stereocenters. The number of methoxy groups -OCH3 is 2. The standard InChI is InChI=1S/C8H7F3O.C7H16O.N3P3/c1-12-7-4-2-3-6(5-7)8(9,10)11;1-3-4-5-6-7-8-2;1-4-2-6-3-5-1/h2-5H,1H3;3-7H2,1-2H3;. The average molecular weight is 427 g/mol. The summed E-state index contributed by atoms with van der Waals surface area (Å²) in [5.74, 6) is 0.213. The van der Waals surface area contributed by atoms with Crippen LogP contribution in [-0.2, 0) is 10.9 Å². The van der Waals surface area contributed by atoms with E-state index in [1.807, 2.05) is 0 Å². The fourth-order valence-corrected chi connectivity index (χ4v) is 3.40. The third-order valence-corrected chi connectivity index (χ3v) is 4.76. The summed E-state index contributed by atoms with van der Waals surface area (Å²) in [7, 11) is 5.57. The highest BCUT2D eigenvalue weighted by Gasteiger charge is 2.30. The minimum atomic E-state index is -4.30. The number of halogens is 3. The van der Waals surface area contributed by atoms with Crippen LogP contribution in [0.25, 0.3) is 0 Å². The van der Waals surface area contributed by atoms with Crippen LogP contribution in [-0.4, -0.2) is 34.4 Å². The van der Waals surface area contributed by atoms with E-state index < -0.39 is 11.7 Å². The normalized spacial score (nSPS) is 11.0. The van der Waals surface area contributed by atoms with Gasteiger partial charge in [0.25, 0.3) is 0 Å². The maximum atomic E-state index is 12.0. The van der Waals surface area contributed by atoms with Gasteiger partial charge in [-0.2, -0.15) is 26.7 Å². The van der Waals surface area contributed by atoms with Gasteiger partial charge in [-0.05, 0) is 24.6 Å². The molecule has 11 heteroatoms. The van der Waals surface area contributed by atoms with E-state index in [0.717, 1.165) is 44.3 Å². The summed E-state index contributed by atoms with van der Waals surface area (Å²) < 4.78 is 57.0. The Morgan fingerprint density at radius 3 is 2.00 bits per heavy atom. The van der Waals surface area contributed by atoms with Gasteiger partial charge in [0.15, 0.2) is 25.5 Å². The average Bonchev–Trinajstić information content (AvgIpc) is 2.67. The number of hydrogen-bond acceptors (Lipinski definition) is 5. The minimum absolute atomic E-state index is 0.213. The van der Waals surface area contributed by atoms with E-state index in [-0.39, 0.29) is 5.75 Å². The van der Waals surface area contributed by atoms with Crippen molar-refractivity contribution in [3.8, 4) is 5.75 Å². The summed E-state index contributed by atoms with van der Waals surface area (Å²) >= 11 is 0. The molecule has 0 bridgehead atoms. The third kappa shape index (κ3) is 14.3. The molecule has 1 aromatic carbocycles. The summed E-state index contributed by atoms with van der Waals surface area (Å²) in [6.45, 7) is 3.15. The van der Waals surface area contributed by atoms with Crippen LogP contribution < -0.4 is 4.74 Å². The second-order valence-electron chi connectivity index (χ2n) is 4.82. The van der Waals surface area contributed by atoms with Crippen LogP contribution in [0, 0.1) is 0 Å². The highest BCUT2D eigenvalue weighted by molar-refractivity contribution is 7.43. The van der Waals surface area contributed by atoms with E-state index in [0.29, 0.717) is 0 Å². The molecular weight excluding hydrogens is 404 g/mol. The summed E-state index contributed by atoms with van der Waals surface area (Å²) in [5.41, 5.74) is -0.693. The Morgan fingerprint density at radius 2 is 1.58 bits per heavy atom. The molecule has 0 aliphatic heterocycles. The first-order valence-corrected chi connectivity index (χ1v) is 10.3. The maximum absolute atomic E-state index is 12.0. The third-order valence-electron chi connectivity index (χ3n) is 2.84. The fraction of sp³-hybridized carbons (Fsp3) is 0.600. The smallest absolute Gasteiger partial charge is 0.416 e. The van der Waals surface area contributed by atoms with Gasteiger partial charge in [0, 0.05) is 13.7 Å². The fourth-order valence-electron chi connectivity index (χ4n) is 1.58. The van der Waals surface area contributed by atoms with Crippen LogP contribution in [0.2, 0.25) is 0 Å². The van der Waals surface area contributed by atoms with Gasteiger partial charge in [0.2, 0.25) is 0 Å². The number of benzene rings is 1. The highest BCUT2D eigenvalue weighted by atomic mass is 31.1. The van der Waals surface area contributed by atoms with E-state index in [4.69, 9.17) is 4.74 Å². The summed E-state index contributed by atoms with van der Waals surface area (Å²) in [6, 6.07) is 4.74. The Morgan fingerprint density at radius 1 is 0.962 bits per heavy atom. The van der Waals surface area contributed by atoms with Gasteiger partial charge >= 0.3 is 6.18 Å². The Kier molecular flexibility index (Phi) is 15.7. The van der Waals surface area contributed by atoms with Gasteiger partial charge in [-0.1, -0.05) is 32.3 Å². The van der Waals surface area contributed by atoms with Crippen LogP contribution in [0.3, 0.4) is 0 Å². The van der Waals surface area contributed by atoms with Crippen molar-refractivity contribution >= 4 is 25.5 Å². The lowest BCUT2D eigenvalue weighted by atomic mass is 10.2. The molecule has 0 saturated carbocycles. The summed E-state index contributed by atoms with van der Waals surface area (Å²) in [4.78, 5) is 0. The Balaban J connectivity index is 0.000000387. The molecule has 0 radical (unpaired) electrons. The van der Waals surface area contributed by atoms with Crippen molar-refractivity contribution < 1.29 is 22.6 Å². The predicted molar refractivity (Wildman–Crippen MR) is 101 cm³/mol. The molecule has 0 saturated heterocycles. The molecular formula is C15H23F3N3O2P3. The van der Waals surface area contributed by atoms with Crippen molar-refractivity contribution in [1.29, 1.82) is 0 Å². The number of ether oxygens (including phenoxy) is 2. The lowest BCUT2D eigenvalue weighted by molar-refractivity contribution is -0.137. The molecule has 2 aromatic rings. The minimum Gasteiger partial charge on any atom is -0.497 e. The van der Waals surface area contributed by atoms with Crippen LogP contribution >= 0.6 is 25.5 Å². The number of nitrogens with zero attached hydrogens (tertiary/aromatic N) is 3. The quantitative estimate of drug-likeness (QED) is 0.490. The molecule has 0 N–H and O–H groups in total. The van der Waals surface area contributed by atoms with E-state index in [9.17, 15) is 13.2 Å². The van der Waals surface area contributed by atoms with Crippen molar-refractivity contribution in [3.63, 3.8) is 0 Å². The zero-order chi connectivity index (χ0) is 19.7. The lowest BCUT2D eigenvalue weighted by Gasteiger charge is -2.07. The summed E-state index contributed by atoms with van der Waals surface area (Å²) in [5, 5.41) is 0. The zero-order valence-electron chi connectivity index (χ0n) is 15.0. The van der Waals surface area contributed by atoms with E-state index >= 15 is 0 Å². The van der Waals surface area contributed by atoms with Crippen molar-refractivity contribution in [2.24, 2.45) is 0 Å². The Hall–Kier alpha value is -0.930. The van der Waals surface area contributed by atoms with Crippen molar-refractivity contribution in [1.82, 2.24) is 13.5 Å². The molecule has 5 nitrogen and oxygen atoms in total. The molecule has 0 amide bonds. The number of unbranched alkanes of at least 4 members (excludes halogenated alkanes) is 3. The van der Waals surface area contributed by atoms with Crippen LogP contribution in [0.4, 0.5) is 13.2 Å². The first-order chi connectivity index (χ1) is 12.5. The molecule has 0 spiro atoms. The van der Waals surface area contributed by atoms with Crippen molar-refractivity contribution in [2.45, 2.75) is 38.8 Å². The van der Waals surface area contributed by atoms with Gasteiger partial charge in [-0.15, -0.1) is 0 Å². The van der Waals surface area contributed by atoms with Crippen LogP contribution in [0.1, 0.15) is 38.2 Å². The van der Waals surface area contributed by atoms with Crippen molar-refractivity contribution in [3.05, 3.63) is 29.8 Å². The van der Waals surface area contributed by atoms with Crippen LogP contribution in [0.15, 0.2) is 24.3 Å². The SMILES string of the molecule is CCCCCCOC.COc1cccc(C(F)(F)F)c1.n1pnpnp1. The largest absolute Gasteiger partial charge is 0.497 e.